The van der Waals surface area contributed by atoms with Crippen LogP contribution in [0.3, 0.4) is 0 Å². The second kappa shape index (κ2) is 9.57. The monoisotopic (exact) mass is 487 g/mol. The zero-order valence-electron chi connectivity index (χ0n) is 18.6. The third-order valence-corrected chi connectivity index (χ3v) is 7.64. The molecule has 0 saturated carbocycles. The van der Waals surface area contributed by atoms with Gasteiger partial charge in [0, 0.05) is 43.2 Å². The summed E-state index contributed by atoms with van der Waals surface area (Å²) >= 11 is 5.95. The zero-order chi connectivity index (χ0) is 23.6. The smallest absolute Gasteiger partial charge is 0.236 e. The van der Waals surface area contributed by atoms with Crippen LogP contribution < -0.4 is 4.90 Å². The van der Waals surface area contributed by atoms with E-state index in [1.165, 1.54) is 24.3 Å². The Morgan fingerprint density at radius 3 is 2.36 bits per heavy atom. The van der Waals surface area contributed by atoms with Gasteiger partial charge >= 0.3 is 0 Å². The fraction of sp³-hybridized carbons (Fsp3) is 0.333. The average molecular weight is 488 g/mol. The second-order valence-electron chi connectivity index (χ2n) is 8.02. The van der Waals surface area contributed by atoms with Crippen molar-refractivity contribution in [3.63, 3.8) is 0 Å². The molecule has 4 rings (SSSR count). The van der Waals surface area contributed by atoms with E-state index in [2.05, 4.69) is 4.98 Å². The van der Waals surface area contributed by atoms with Crippen LogP contribution in [0.25, 0.3) is 11.5 Å². The van der Waals surface area contributed by atoms with Crippen LogP contribution in [0.2, 0.25) is 5.02 Å². The van der Waals surface area contributed by atoms with Crippen molar-refractivity contribution in [2.24, 2.45) is 0 Å². The van der Waals surface area contributed by atoms with Crippen LogP contribution in [0.1, 0.15) is 25.3 Å². The molecule has 1 amide bonds. The van der Waals surface area contributed by atoms with Gasteiger partial charge in [0.15, 0.2) is 0 Å². The van der Waals surface area contributed by atoms with Crippen molar-refractivity contribution < 1.29 is 17.6 Å². The maximum atomic E-state index is 13.5. The first-order valence-corrected chi connectivity index (χ1v) is 12.8. The fourth-order valence-corrected chi connectivity index (χ4v) is 5.30. The number of carbonyl (C=O) groups excluding carboxylic acids is 1. The number of benzene rings is 2. The highest BCUT2D eigenvalue weighted by Gasteiger charge is 2.33. The fourth-order valence-electron chi connectivity index (χ4n) is 3.86. The summed E-state index contributed by atoms with van der Waals surface area (Å²) in [5.74, 6) is 0.565. The molecule has 0 aliphatic carbocycles. The third kappa shape index (κ3) is 4.77. The zero-order valence-corrected chi connectivity index (χ0v) is 20.2. The van der Waals surface area contributed by atoms with Crippen LogP contribution in [-0.4, -0.2) is 50.4 Å². The molecule has 0 unspecified atom stereocenters. The average Bonchev–Trinajstić information content (AvgIpc) is 3.26. The van der Waals surface area contributed by atoms with E-state index in [0.717, 1.165) is 17.5 Å². The number of hydrogen-bond donors (Lipinski definition) is 0. The molecule has 2 aromatic carbocycles. The second-order valence-corrected chi connectivity index (χ2v) is 10.3. The van der Waals surface area contributed by atoms with Crippen molar-refractivity contribution in [1.29, 1.82) is 0 Å². The van der Waals surface area contributed by atoms with E-state index < -0.39 is 9.84 Å². The number of piperazine rings is 1. The third-order valence-electron chi connectivity index (χ3n) is 5.72. The number of anilines is 1. The number of hydrogen-bond acceptors (Lipinski definition) is 6. The Morgan fingerprint density at radius 1 is 1.06 bits per heavy atom. The standard InChI is InChI=1S/C24H26ClN3O4S/c1-3-6-21(29)27-13-15-28(16-14-27)24-23(33(30,31)19-11-9-18(25)10-12-19)26-22(32-24)20-8-5-4-7-17(20)2/h4-5,7-12H,3,6,13-16H2,1-2H3. The number of sulfone groups is 1. The Labute approximate surface area is 198 Å². The molecule has 0 N–H and O–H groups in total. The summed E-state index contributed by atoms with van der Waals surface area (Å²) in [6.07, 6.45) is 1.31. The summed E-state index contributed by atoms with van der Waals surface area (Å²) in [4.78, 5) is 20.5. The maximum absolute atomic E-state index is 13.5. The molecular weight excluding hydrogens is 462 g/mol. The van der Waals surface area contributed by atoms with E-state index in [0.29, 0.717) is 37.6 Å². The quantitative estimate of drug-likeness (QED) is 0.506. The lowest BCUT2D eigenvalue weighted by Gasteiger charge is -2.34. The van der Waals surface area contributed by atoms with Crippen LogP contribution >= 0.6 is 11.6 Å². The minimum Gasteiger partial charge on any atom is -0.419 e. The van der Waals surface area contributed by atoms with Crippen LogP contribution in [0.4, 0.5) is 5.88 Å². The van der Waals surface area contributed by atoms with Gasteiger partial charge in [0.2, 0.25) is 32.5 Å². The number of amides is 1. The molecule has 1 aliphatic heterocycles. The summed E-state index contributed by atoms with van der Waals surface area (Å²) in [6, 6.07) is 13.5. The van der Waals surface area contributed by atoms with Gasteiger partial charge in [-0.3, -0.25) is 4.79 Å². The molecule has 9 heteroatoms. The SMILES string of the molecule is CCCC(=O)N1CCN(c2oc(-c3ccccc3C)nc2S(=O)(=O)c2ccc(Cl)cc2)CC1. The molecule has 1 fully saturated rings. The number of carbonyl (C=O) groups is 1. The summed E-state index contributed by atoms with van der Waals surface area (Å²) < 4.78 is 33.2. The molecular formula is C24H26ClN3O4S. The molecule has 174 valence electrons. The molecule has 1 saturated heterocycles. The van der Waals surface area contributed by atoms with Gasteiger partial charge in [-0.2, -0.15) is 4.98 Å². The normalized spacial score (nSPS) is 14.5. The lowest BCUT2D eigenvalue weighted by molar-refractivity contribution is -0.131. The summed E-state index contributed by atoms with van der Waals surface area (Å²) in [7, 11) is -3.96. The van der Waals surface area contributed by atoms with Crippen molar-refractivity contribution in [1.82, 2.24) is 9.88 Å². The number of oxazole rings is 1. The predicted molar refractivity (Wildman–Crippen MR) is 127 cm³/mol. The van der Waals surface area contributed by atoms with E-state index in [-0.39, 0.29) is 27.6 Å². The van der Waals surface area contributed by atoms with Crippen molar-refractivity contribution in [2.75, 3.05) is 31.1 Å². The van der Waals surface area contributed by atoms with Crippen molar-refractivity contribution in [3.05, 3.63) is 59.1 Å². The Hall–Kier alpha value is -2.84. The number of rotatable bonds is 6. The van der Waals surface area contributed by atoms with Crippen molar-refractivity contribution >= 4 is 33.2 Å². The molecule has 1 aromatic heterocycles. The van der Waals surface area contributed by atoms with Crippen LogP contribution in [0.5, 0.6) is 0 Å². The number of nitrogens with zero attached hydrogens (tertiary/aromatic N) is 3. The van der Waals surface area contributed by atoms with Gasteiger partial charge in [0.1, 0.15) is 0 Å². The number of aryl methyl sites for hydroxylation is 1. The Morgan fingerprint density at radius 2 is 1.73 bits per heavy atom. The van der Waals surface area contributed by atoms with Gasteiger partial charge in [-0.1, -0.05) is 36.7 Å². The molecule has 0 atom stereocenters. The molecule has 3 aromatic rings. The first-order chi connectivity index (χ1) is 15.8. The highest BCUT2D eigenvalue weighted by molar-refractivity contribution is 7.91. The lowest BCUT2D eigenvalue weighted by Crippen LogP contribution is -2.48. The molecule has 0 bridgehead atoms. The van der Waals surface area contributed by atoms with Gasteiger partial charge in [0.05, 0.1) is 4.90 Å². The Kier molecular flexibility index (Phi) is 6.76. The Bertz CT molecular complexity index is 1250. The summed E-state index contributed by atoms with van der Waals surface area (Å²) in [5.41, 5.74) is 1.66. The van der Waals surface area contributed by atoms with Crippen molar-refractivity contribution in [3.8, 4) is 11.5 Å². The molecule has 0 spiro atoms. The van der Waals surface area contributed by atoms with Crippen LogP contribution in [0, 0.1) is 6.92 Å². The molecule has 0 radical (unpaired) electrons. The molecule has 7 nitrogen and oxygen atoms in total. The highest BCUT2D eigenvalue weighted by Crippen LogP contribution is 2.36. The van der Waals surface area contributed by atoms with Gasteiger partial charge in [-0.05, 0) is 49.2 Å². The van der Waals surface area contributed by atoms with E-state index in [1.807, 2.05) is 47.9 Å². The molecule has 33 heavy (non-hydrogen) atoms. The lowest BCUT2D eigenvalue weighted by atomic mass is 10.1. The first kappa shape index (κ1) is 23.3. The van der Waals surface area contributed by atoms with Crippen molar-refractivity contribution in [2.45, 2.75) is 36.6 Å². The van der Waals surface area contributed by atoms with E-state index in [9.17, 15) is 13.2 Å². The van der Waals surface area contributed by atoms with E-state index in [1.54, 1.807) is 0 Å². The van der Waals surface area contributed by atoms with E-state index in [4.69, 9.17) is 16.0 Å². The minimum absolute atomic E-state index is 0.0922. The van der Waals surface area contributed by atoms with Gasteiger partial charge in [-0.15, -0.1) is 0 Å². The molecule has 2 heterocycles. The van der Waals surface area contributed by atoms with E-state index >= 15 is 0 Å². The summed E-state index contributed by atoms with van der Waals surface area (Å²) in [5, 5.41) is 0.319. The van der Waals surface area contributed by atoms with Crippen LogP contribution in [0.15, 0.2) is 62.9 Å². The predicted octanol–water partition coefficient (Wildman–Crippen LogP) is 4.58. The van der Waals surface area contributed by atoms with Gasteiger partial charge < -0.3 is 14.2 Å². The van der Waals surface area contributed by atoms with Gasteiger partial charge in [0.25, 0.3) is 0 Å². The topological polar surface area (TPSA) is 83.7 Å². The highest BCUT2D eigenvalue weighted by atomic mass is 35.5. The first-order valence-electron chi connectivity index (χ1n) is 10.9. The largest absolute Gasteiger partial charge is 0.419 e. The maximum Gasteiger partial charge on any atom is 0.236 e. The molecule has 1 aliphatic rings. The van der Waals surface area contributed by atoms with Crippen LogP contribution in [-0.2, 0) is 14.6 Å². The number of aromatic nitrogens is 1. The number of halogens is 1. The summed E-state index contributed by atoms with van der Waals surface area (Å²) in [6.45, 7) is 5.82. The Balaban J connectivity index is 1.74. The minimum atomic E-state index is -3.96. The van der Waals surface area contributed by atoms with Gasteiger partial charge in [-0.25, -0.2) is 8.42 Å².